The third-order valence-electron chi connectivity index (χ3n) is 2.61. The van der Waals surface area contributed by atoms with Crippen LogP contribution in [0.3, 0.4) is 0 Å². The van der Waals surface area contributed by atoms with Crippen molar-refractivity contribution in [2.24, 2.45) is 5.73 Å². The Balaban J connectivity index is 0.00000220. The molecule has 1 aromatic heterocycles. The van der Waals surface area contributed by atoms with Crippen molar-refractivity contribution < 1.29 is 9.53 Å². The molecule has 0 aliphatic rings. The number of thiazole rings is 1. The lowest BCUT2D eigenvalue weighted by Gasteiger charge is -2.04. The van der Waals surface area contributed by atoms with Crippen molar-refractivity contribution in [3.05, 3.63) is 29.6 Å². The lowest BCUT2D eigenvalue weighted by atomic mass is 10.2. The number of benzene rings is 1. The second kappa shape index (κ2) is 7.97. The van der Waals surface area contributed by atoms with E-state index in [-0.39, 0.29) is 18.3 Å². The van der Waals surface area contributed by atoms with E-state index in [0.29, 0.717) is 11.7 Å². The summed E-state index contributed by atoms with van der Waals surface area (Å²) in [5.41, 5.74) is 7.29. The van der Waals surface area contributed by atoms with Crippen LogP contribution in [0.4, 0.5) is 5.13 Å². The van der Waals surface area contributed by atoms with E-state index in [2.05, 4.69) is 10.3 Å². The largest absolute Gasteiger partial charge is 0.494 e. The molecule has 5 nitrogen and oxygen atoms in total. The number of hydrogen-bond acceptors (Lipinski definition) is 5. The van der Waals surface area contributed by atoms with E-state index in [9.17, 15) is 4.79 Å². The lowest BCUT2D eigenvalue weighted by Crippen LogP contribution is -2.32. The van der Waals surface area contributed by atoms with E-state index in [1.54, 1.807) is 6.92 Å². The molecule has 0 aliphatic heterocycles. The molecule has 2 rings (SSSR count). The summed E-state index contributed by atoms with van der Waals surface area (Å²) in [7, 11) is 0. The Morgan fingerprint density at radius 1 is 1.43 bits per heavy atom. The van der Waals surface area contributed by atoms with E-state index in [4.69, 9.17) is 10.5 Å². The fourth-order valence-electron chi connectivity index (χ4n) is 1.57. The summed E-state index contributed by atoms with van der Waals surface area (Å²) < 4.78 is 5.39. The Hall–Kier alpha value is -1.63. The van der Waals surface area contributed by atoms with Crippen molar-refractivity contribution in [1.82, 2.24) is 4.98 Å². The molecule has 1 aromatic carbocycles. The van der Waals surface area contributed by atoms with Gasteiger partial charge in [0.25, 0.3) is 0 Å². The van der Waals surface area contributed by atoms with Crippen LogP contribution in [0.15, 0.2) is 29.6 Å². The van der Waals surface area contributed by atoms with Crippen LogP contribution in [-0.4, -0.2) is 23.5 Å². The number of nitrogens with zero attached hydrogens (tertiary/aromatic N) is 1. The van der Waals surface area contributed by atoms with Gasteiger partial charge in [0.1, 0.15) is 5.75 Å². The molecule has 1 heterocycles. The Morgan fingerprint density at radius 3 is 2.67 bits per heavy atom. The Morgan fingerprint density at radius 2 is 2.10 bits per heavy atom. The first kappa shape index (κ1) is 17.4. The third-order valence-corrected chi connectivity index (χ3v) is 3.37. The summed E-state index contributed by atoms with van der Waals surface area (Å²) in [6.45, 7) is 4.22. The second-order valence-corrected chi connectivity index (χ2v) is 5.13. The van der Waals surface area contributed by atoms with Crippen LogP contribution in [0, 0.1) is 0 Å². The first-order chi connectivity index (χ1) is 9.60. The van der Waals surface area contributed by atoms with Crippen molar-refractivity contribution in [3.8, 4) is 17.0 Å². The molecule has 0 saturated carbocycles. The van der Waals surface area contributed by atoms with E-state index in [0.717, 1.165) is 17.0 Å². The van der Waals surface area contributed by atoms with Crippen LogP contribution in [0.1, 0.15) is 13.8 Å². The molecule has 0 bridgehead atoms. The normalized spacial score (nSPS) is 11.4. The van der Waals surface area contributed by atoms with Crippen LogP contribution in [-0.2, 0) is 4.79 Å². The average molecular weight is 328 g/mol. The SMILES string of the molecule is CCOc1ccc(-c2csc(NC(=O)[C@H](C)N)n2)cc1.Cl. The highest BCUT2D eigenvalue weighted by atomic mass is 35.5. The van der Waals surface area contributed by atoms with Gasteiger partial charge in [-0.05, 0) is 38.1 Å². The Labute approximate surface area is 133 Å². The highest BCUT2D eigenvalue weighted by Crippen LogP contribution is 2.26. The number of amides is 1. The minimum absolute atomic E-state index is 0. The number of hydrogen-bond donors (Lipinski definition) is 2. The minimum Gasteiger partial charge on any atom is -0.494 e. The molecule has 3 N–H and O–H groups in total. The number of halogens is 1. The summed E-state index contributed by atoms with van der Waals surface area (Å²) in [5, 5.41) is 5.13. The summed E-state index contributed by atoms with van der Waals surface area (Å²) in [5.74, 6) is 0.592. The second-order valence-electron chi connectivity index (χ2n) is 4.27. The molecular formula is C14H18ClN3O2S. The monoisotopic (exact) mass is 327 g/mol. The summed E-state index contributed by atoms with van der Waals surface area (Å²) in [6.07, 6.45) is 0. The summed E-state index contributed by atoms with van der Waals surface area (Å²) in [4.78, 5) is 15.9. The predicted molar refractivity (Wildman–Crippen MR) is 88.2 cm³/mol. The fraction of sp³-hybridized carbons (Fsp3) is 0.286. The van der Waals surface area contributed by atoms with Gasteiger partial charge in [-0.1, -0.05) is 0 Å². The number of nitrogens with one attached hydrogen (secondary N) is 1. The zero-order valence-electron chi connectivity index (χ0n) is 11.8. The molecule has 0 spiro atoms. The average Bonchev–Trinajstić information content (AvgIpc) is 2.88. The van der Waals surface area contributed by atoms with Gasteiger partial charge >= 0.3 is 0 Å². The number of carbonyl (C=O) groups is 1. The van der Waals surface area contributed by atoms with Gasteiger partial charge in [0.05, 0.1) is 18.3 Å². The number of nitrogens with two attached hydrogens (primary N) is 1. The van der Waals surface area contributed by atoms with Crippen molar-refractivity contribution in [3.63, 3.8) is 0 Å². The number of carbonyl (C=O) groups excluding carboxylic acids is 1. The maximum absolute atomic E-state index is 11.5. The molecule has 21 heavy (non-hydrogen) atoms. The summed E-state index contributed by atoms with van der Waals surface area (Å²) in [6, 6.07) is 7.14. The zero-order chi connectivity index (χ0) is 14.5. The minimum atomic E-state index is -0.548. The molecule has 0 saturated heterocycles. The van der Waals surface area contributed by atoms with Crippen LogP contribution in [0.2, 0.25) is 0 Å². The molecule has 7 heteroatoms. The molecule has 2 aromatic rings. The predicted octanol–water partition coefficient (Wildman–Crippen LogP) is 2.92. The van der Waals surface area contributed by atoms with E-state index in [1.165, 1.54) is 11.3 Å². The lowest BCUT2D eigenvalue weighted by molar-refractivity contribution is -0.117. The fourth-order valence-corrected chi connectivity index (χ4v) is 2.29. The van der Waals surface area contributed by atoms with Gasteiger partial charge in [-0.2, -0.15) is 0 Å². The molecule has 1 amide bonds. The Kier molecular flexibility index (Phi) is 6.61. The van der Waals surface area contributed by atoms with Gasteiger partial charge in [-0.3, -0.25) is 4.79 Å². The number of aromatic nitrogens is 1. The van der Waals surface area contributed by atoms with E-state index < -0.39 is 6.04 Å². The van der Waals surface area contributed by atoms with Crippen molar-refractivity contribution in [2.75, 3.05) is 11.9 Å². The number of ether oxygens (including phenoxy) is 1. The van der Waals surface area contributed by atoms with Crippen LogP contribution < -0.4 is 15.8 Å². The molecule has 0 aliphatic carbocycles. The molecule has 0 fully saturated rings. The zero-order valence-corrected chi connectivity index (χ0v) is 13.5. The highest BCUT2D eigenvalue weighted by Gasteiger charge is 2.11. The van der Waals surface area contributed by atoms with Gasteiger partial charge in [0.2, 0.25) is 5.91 Å². The van der Waals surface area contributed by atoms with Gasteiger partial charge in [-0.25, -0.2) is 4.98 Å². The Bertz CT molecular complexity index is 584. The van der Waals surface area contributed by atoms with Crippen molar-refractivity contribution in [2.45, 2.75) is 19.9 Å². The van der Waals surface area contributed by atoms with E-state index in [1.807, 2.05) is 36.6 Å². The van der Waals surface area contributed by atoms with Crippen LogP contribution >= 0.6 is 23.7 Å². The standard InChI is InChI=1S/C14H17N3O2S.ClH/c1-3-19-11-6-4-10(5-7-11)12-8-20-14(16-12)17-13(18)9(2)15;/h4-9H,3,15H2,1-2H3,(H,16,17,18);1H/t9-;/m0./s1. The quantitative estimate of drug-likeness (QED) is 0.885. The maximum atomic E-state index is 11.5. The molecule has 0 unspecified atom stereocenters. The summed E-state index contributed by atoms with van der Waals surface area (Å²) >= 11 is 1.37. The number of anilines is 1. The first-order valence-electron chi connectivity index (χ1n) is 6.35. The van der Waals surface area contributed by atoms with Gasteiger partial charge < -0.3 is 15.8 Å². The molecule has 114 valence electrons. The first-order valence-corrected chi connectivity index (χ1v) is 7.23. The molecular weight excluding hydrogens is 310 g/mol. The van der Waals surface area contributed by atoms with Gasteiger partial charge in [0.15, 0.2) is 5.13 Å². The van der Waals surface area contributed by atoms with E-state index >= 15 is 0 Å². The van der Waals surface area contributed by atoms with Crippen molar-refractivity contribution >= 4 is 34.8 Å². The number of rotatable bonds is 5. The van der Waals surface area contributed by atoms with Crippen LogP contribution in [0.25, 0.3) is 11.3 Å². The van der Waals surface area contributed by atoms with Gasteiger partial charge in [-0.15, -0.1) is 23.7 Å². The maximum Gasteiger partial charge on any atom is 0.242 e. The van der Waals surface area contributed by atoms with Gasteiger partial charge in [0, 0.05) is 10.9 Å². The third kappa shape index (κ3) is 4.70. The molecule has 1 atom stereocenters. The molecule has 0 radical (unpaired) electrons. The topological polar surface area (TPSA) is 77.2 Å². The highest BCUT2D eigenvalue weighted by molar-refractivity contribution is 7.14. The van der Waals surface area contributed by atoms with Crippen LogP contribution in [0.5, 0.6) is 5.75 Å². The smallest absolute Gasteiger partial charge is 0.242 e. The van der Waals surface area contributed by atoms with Crippen molar-refractivity contribution in [1.29, 1.82) is 0 Å².